The number of benzene rings is 4. The van der Waals surface area contributed by atoms with Gasteiger partial charge in [-0.3, -0.25) is 0 Å². The lowest BCUT2D eigenvalue weighted by atomic mass is 9.99. The Bertz CT molecular complexity index is 1580. The largest absolute Gasteiger partial charge is 0.490 e. The number of carbonyl (C=O) groups excluding carboxylic acids is 2. The lowest BCUT2D eigenvalue weighted by Crippen LogP contribution is -2.30. The zero-order valence-corrected chi connectivity index (χ0v) is 25.1. The first kappa shape index (κ1) is 30.8. The van der Waals surface area contributed by atoms with Crippen LogP contribution in [0.25, 0.3) is 11.1 Å². The van der Waals surface area contributed by atoms with Crippen LogP contribution in [-0.4, -0.2) is 31.3 Å². The number of hydrogen-bond acceptors (Lipinski definition) is 6. The molecule has 1 atom stereocenters. The van der Waals surface area contributed by atoms with Crippen molar-refractivity contribution in [1.82, 2.24) is 0 Å². The second-order valence-electron chi connectivity index (χ2n) is 10.5. The summed E-state index contributed by atoms with van der Waals surface area (Å²) >= 11 is 0. The lowest BCUT2D eigenvalue weighted by Gasteiger charge is -2.27. The minimum Gasteiger partial charge on any atom is -0.490 e. The van der Waals surface area contributed by atoms with Gasteiger partial charge in [0.25, 0.3) is 0 Å². The van der Waals surface area contributed by atoms with E-state index in [1.165, 1.54) is 11.1 Å². The second-order valence-corrected chi connectivity index (χ2v) is 10.5. The molecule has 0 aliphatic heterocycles. The molecule has 4 aromatic carbocycles. The molecule has 4 aromatic rings. The van der Waals surface area contributed by atoms with Crippen LogP contribution in [0, 0.1) is 20.8 Å². The molecule has 0 fully saturated rings. The van der Waals surface area contributed by atoms with Crippen LogP contribution < -0.4 is 9.64 Å². The minimum absolute atomic E-state index is 0.00385. The van der Waals surface area contributed by atoms with Crippen LogP contribution in [0.1, 0.15) is 23.6 Å². The van der Waals surface area contributed by atoms with Gasteiger partial charge in [0.15, 0.2) is 6.10 Å². The van der Waals surface area contributed by atoms with E-state index in [9.17, 15) is 9.59 Å². The Morgan fingerprint density at radius 3 is 1.95 bits per heavy atom. The zero-order chi connectivity index (χ0) is 30.9. The first-order valence-electron chi connectivity index (χ1n) is 14.1. The van der Waals surface area contributed by atoms with Gasteiger partial charge in [0.2, 0.25) is 0 Å². The summed E-state index contributed by atoms with van der Waals surface area (Å²) in [6.07, 6.45) is 0.254. The molecule has 0 saturated heterocycles. The average Bonchev–Trinajstić information content (AvgIpc) is 2.99. The quantitative estimate of drug-likeness (QED) is 0.125. The summed E-state index contributed by atoms with van der Waals surface area (Å²) in [6.45, 7) is 14.7. The van der Waals surface area contributed by atoms with Crippen LogP contribution in [0.15, 0.2) is 116 Å². The summed E-state index contributed by atoms with van der Waals surface area (Å²) in [5.74, 6) is -0.599. The highest BCUT2D eigenvalue weighted by molar-refractivity contribution is 5.87. The number of nitrogens with zero attached hydrogens (tertiary/aromatic N) is 1. The first-order valence-corrected chi connectivity index (χ1v) is 14.1. The van der Waals surface area contributed by atoms with E-state index in [-0.39, 0.29) is 18.8 Å². The van der Waals surface area contributed by atoms with Crippen molar-refractivity contribution < 1.29 is 23.8 Å². The molecule has 0 aliphatic carbocycles. The van der Waals surface area contributed by atoms with Gasteiger partial charge >= 0.3 is 11.9 Å². The van der Waals surface area contributed by atoms with Crippen LogP contribution in [0.4, 0.5) is 17.1 Å². The maximum atomic E-state index is 11.8. The van der Waals surface area contributed by atoms with Crippen molar-refractivity contribution in [2.24, 2.45) is 0 Å². The molecular formula is C37H37NO5. The number of carbonyl (C=O) groups is 2. The normalized spacial score (nSPS) is 11.3. The molecule has 0 heterocycles. The van der Waals surface area contributed by atoms with Crippen molar-refractivity contribution in [2.45, 2.75) is 33.8 Å². The molecule has 0 amide bonds. The van der Waals surface area contributed by atoms with E-state index in [0.29, 0.717) is 5.75 Å². The molecule has 0 radical (unpaired) electrons. The molecule has 0 N–H and O–H groups in total. The van der Waals surface area contributed by atoms with Gasteiger partial charge in [0.05, 0.1) is 0 Å². The number of rotatable bonds is 12. The third kappa shape index (κ3) is 8.23. The molecule has 6 heteroatoms. The molecule has 220 valence electrons. The monoisotopic (exact) mass is 575 g/mol. The summed E-state index contributed by atoms with van der Waals surface area (Å²) in [6, 6.07) is 31.2. The van der Waals surface area contributed by atoms with Gasteiger partial charge in [-0.25, -0.2) is 9.59 Å². The minimum atomic E-state index is -0.798. The Morgan fingerprint density at radius 2 is 1.42 bits per heavy atom. The molecule has 0 aliphatic rings. The summed E-state index contributed by atoms with van der Waals surface area (Å²) < 4.78 is 16.3. The average molecular weight is 576 g/mol. The molecular weight excluding hydrogens is 538 g/mol. The molecule has 43 heavy (non-hydrogen) atoms. The van der Waals surface area contributed by atoms with Gasteiger partial charge < -0.3 is 19.1 Å². The van der Waals surface area contributed by atoms with Gasteiger partial charge in [-0.15, -0.1) is 0 Å². The Labute approximate surface area is 253 Å². The number of ether oxygens (including phenoxy) is 3. The standard InChI is InChI=1S/C37H37NO5/c1-7-36(39)43-34(24-42-37(40)25(2)3)23-41-33-17-14-29(15-18-33)35-19-16-32(22-28(35)6)38(30-12-8-10-26(4)20-30)31-13-9-11-27(5)21-31/h7-22,34H,1-2,23-24H2,3-6H3. The maximum absolute atomic E-state index is 11.8. The van der Waals surface area contributed by atoms with Gasteiger partial charge in [-0.1, -0.05) is 55.6 Å². The van der Waals surface area contributed by atoms with Crippen molar-refractivity contribution in [1.29, 1.82) is 0 Å². The predicted octanol–water partition coefficient (Wildman–Crippen LogP) is 8.34. The second kappa shape index (κ2) is 14.2. The Balaban J connectivity index is 1.52. The number of anilines is 3. The van der Waals surface area contributed by atoms with Crippen LogP contribution in [0.2, 0.25) is 0 Å². The van der Waals surface area contributed by atoms with E-state index in [0.717, 1.165) is 39.8 Å². The summed E-state index contributed by atoms with van der Waals surface area (Å²) in [5.41, 5.74) is 9.21. The summed E-state index contributed by atoms with van der Waals surface area (Å²) in [4.78, 5) is 25.8. The Hall–Kier alpha value is -5.10. The van der Waals surface area contributed by atoms with Crippen molar-refractivity contribution in [2.75, 3.05) is 18.1 Å². The highest BCUT2D eigenvalue weighted by atomic mass is 16.6. The highest BCUT2D eigenvalue weighted by Crippen LogP contribution is 2.37. The summed E-state index contributed by atoms with van der Waals surface area (Å²) in [7, 11) is 0. The summed E-state index contributed by atoms with van der Waals surface area (Å²) in [5, 5.41) is 0. The third-order valence-corrected chi connectivity index (χ3v) is 6.79. The van der Waals surface area contributed by atoms with E-state index in [1.807, 2.05) is 24.3 Å². The van der Waals surface area contributed by atoms with E-state index in [2.05, 4.69) is 106 Å². The number of hydrogen-bond donors (Lipinski definition) is 0. The van der Waals surface area contributed by atoms with Crippen molar-refractivity contribution in [3.05, 3.63) is 132 Å². The van der Waals surface area contributed by atoms with Crippen LogP contribution in [0.5, 0.6) is 5.75 Å². The molecule has 0 aromatic heterocycles. The molecule has 1 unspecified atom stereocenters. The van der Waals surface area contributed by atoms with E-state index in [4.69, 9.17) is 14.2 Å². The van der Waals surface area contributed by atoms with E-state index >= 15 is 0 Å². The number of aryl methyl sites for hydroxylation is 3. The van der Waals surface area contributed by atoms with Gasteiger partial charge in [-0.2, -0.15) is 0 Å². The van der Waals surface area contributed by atoms with Crippen molar-refractivity contribution in [3.63, 3.8) is 0 Å². The molecule has 0 bridgehead atoms. The van der Waals surface area contributed by atoms with E-state index < -0.39 is 18.0 Å². The smallest absolute Gasteiger partial charge is 0.333 e. The van der Waals surface area contributed by atoms with Gasteiger partial charge in [0, 0.05) is 28.7 Å². The van der Waals surface area contributed by atoms with Crippen molar-refractivity contribution in [3.8, 4) is 16.9 Å². The lowest BCUT2D eigenvalue weighted by molar-refractivity contribution is -0.154. The molecule has 6 nitrogen and oxygen atoms in total. The SMILES string of the molecule is C=CC(=O)OC(COC(=O)C(=C)C)COc1ccc(-c2ccc(N(c3cccc(C)c3)c3cccc(C)c3)cc2C)cc1. The van der Waals surface area contributed by atoms with Crippen LogP contribution in [0.3, 0.4) is 0 Å². The number of esters is 2. The Kier molecular flexibility index (Phi) is 10.2. The molecule has 4 rings (SSSR count). The van der Waals surface area contributed by atoms with Gasteiger partial charge in [0.1, 0.15) is 19.0 Å². The van der Waals surface area contributed by atoms with Gasteiger partial charge in [-0.05, 0) is 104 Å². The topological polar surface area (TPSA) is 65.1 Å². The Morgan fingerprint density at radius 1 is 0.814 bits per heavy atom. The fraction of sp³-hybridized carbons (Fsp3) is 0.189. The molecule has 0 spiro atoms. The predicted molar refractivity (Wildman–Crippen MR) is 172 cm³/mol. The van der Waals surface area contributed by atoms with Crippen molar-refractivity contribution >= 4 is 29.0 Å². The first-order chi connectivity index (χ1) is 20.6. The fourth-order valence-corrected chi connectivity index (χ4v) is 4.63. The van der Waals surface area contributed by atoms with Crippen LogP contribution in [-0.2, 0) is 19.1 Å². The van der Waals surface area contributed by atoms with Crippen LogP contribution >= 0.6 is 0 Å². The molecule has 0 saturated carbocycles. The van der Waals surface area contributed by atoms with E-state index in [1.54, 1.807) is 6.92 Å². The highest BCUT2D eigenvalue weighted by Gasteiger charge is 2.18. The fourth-order valence-electron chi connectivity index (χ4n) is 4.63. The maximum Gasteiger partial charge on any atom is 0.333 e. The third-order valence-electron chi connectivity index (χ3n) is 6.79. The zero-order valence-electron chi connectivity index (χ0n) is 25.1.